The molecule has 88 valence electrons. The maximum absolute atomic E-state index is 11.1. The summed E-state index contributed by atoms with van der Waals surface area (Å²) in [5.74, 6) is -0.232. The van der Waals surface area contributed by atoms with Crippen LogP contribution in [0, 0.1) is 6.92 Å². The van der Waals surface area contributed by atoms with Crippen molar-refractivity contribution in [3.8, 4) is 0 Å². The number of aliphatic carboxylic acids is 1. The highest BCUT2D eigenvalue weighted by Crippen LogP contribution is 1.90. The van der Waals surface area contributed by atoms with Gasteiger partial charge in [0.2, 0.25) is 0 Å². The molecular weight excluding hydrogens is 210 g/mol. The SMILES string of the molecule is Cc1cc(=O)[nH]c(CNCCCC(=O)O)n1. The zero-order valence-electron chi connectivity index (χ0n) is 9.12. The summed E-state index contributed by atoms with van der Waals surface area (Å²) in [4.78, 5) is 28.1. The molecule has 16 heavy (non-hydrogen) atoms. The Balaban J connectivity index is 2.32. The second-order valence-corrected chi connectivity index (χ2v) is 3.51. The van der Waals surface area contributed by atoms with E-state index in [0.717, 1.165) is 0 Å². The Kier molecular flexibility index (Phi) is 4.65. The topological polar surface area (TPSA) is 95.1 Å². The number of rotatable bonds is 6. The van der Waals surface area contributed by atoms with E-state index in [1.165, 1.54) is 6.07 Å². The van der Waals surface area contributed by atoms with Gasteiger partial charge in [-0.1, -0.05) is 0 Å². The number of aromatic amines is 1. The van der Waals surface area contributed by atoms with E-state index in [1.54, 1.807) is 6.92 Å². The summed E-state index contributed by atoms with van der Waals surface area (Å²) in [7, 11) is 0. The fourth-order valence-electron chi connectivity index (χ4n) is 1.30. The highest BCUT2D eigenvalue weighted by Gasteiger charge is 1.99. The lowest BCUT2D eigenvalue weighted by atomic mass is 10.3. The standard InChI is InChI=1S/C10H15N3O3/c1-7-5-9(14)13-8(12-7)6-11-4-2-3-10(15)16/h5,11H,2-4,6H2,1H3,(H,15,16)(H,12,13,14). The number of aromatic nitrogens is 2. The van der Waals surface area contributed by atoms with E-state index in [0.29, 0.717) is 31.0 Å². The van der Waals surface area contributed by atoms with Crippen molar-refractivity contribution in [1.82, 2.24) is 15.3 Å². The molecule has 1 rings (SSSR count). The minimum Gasteiger partial charge on any atom is -0.481 e. The average molecular weight is 225 g/mol. The molecule has 0 fully saturated rings. The van der Waals surface area contributed by atoms with Crippen LogP contribution in [0.15, 0.2) is 10.9 Å². The van der Waals surface area contributed by atoms with Crippen LogP contribution in [0.1, 0.15) is 24.4 Å². The van der Waals surface area contributed by atoms with Gasteiger partial charge >= 0.3 is 5.97 Å². The van der Waals surface area contributed by atoms with Crippen LogP contribution >= 0.6 is 0 Å². The lowest BCUT2D eigenvalue weighted by molar-refractivity contribution is -0.137. The summed E-state index contributed by atoms with van der Waals surface area (Å²) in [6.45, 7) is 2.78. The molecule has 0 aliphatic heterocycles. The van der Waals surface area contributed by atoms with Crippen LogP contribution in [-0.4, -0.2) is 27.6 Å². The Morgan fingerprint density at radius 1 is 1.62 bits per heavy atom. The number of carboxylic acids is 1. The molecule has 0 saturated carbocycles. The second-order valence-electron chi connectivity index (χ2n) is 3.51. The lowest BCUT2D eigenvalue weighted by Gasteiger charge is -2.03. The molecule has 0 aromatic carbocycles. The lowest BCUT2D eigenvalue weighted by Crippen LogP contribution is -2.20. The third kappa shape index (κ3) is 4.70. The summed E-state index contributed by atoms with van der Waals surface area (Å²) >= 11 is 0. The predicted molar refractivity (Wildman–Crippen MR) is 58.2 cm³/mol. The van der Waals surface area contributed by atoms with Gasteiger partial charge in [-0.05, 0) is 19.9 Å². The molecule has 0 radical (unpaired) electrons. The van der Waals surface area contributed by atoms with E-state index < -0.39 is 5.97 Å². The smallest absolute Gasteiger partial charge is 0.303 e. The highest BCUT2D eigenvalue weighted by atomic mass is 16.4. The molecule has 0 aliphatic rings. The van der Waals surface area contributed by atoms with E-state index in [9.17, 15) is 9.59 Å². The van der Waals surface area contributed by atoms with Gasteiger partial charge in [-0.3, -0.25) is 9.59 Å². The fourth-order valence-corrected chi connectivity index (χ4v) is 1.30. The number of carbonyl (C=O) groups is 1. The summed E-state index contributed by atoms with van der Waals surface area (Å²) in [5.41, 5.74) is 0.501. The molecule has 0 saturated heterocycles. The summed E-state index contributed by atoms with van der Waals surface area (Å²) < 4.78 is 0. The number of hydrogen-bond donors (Lipinski definition) is 3. The van der Waals surface area contributed by atoms with Gasteiger partial charge < -0.3 is 15.4 Å². The van der Waals surface area contributed by atoms with Gasteiger partial charge in [0.15, 0.2) is 0 Å². The first-order valence-electron chi connectivity index (χ1n) is 5.07. The van der Waals surface area contributed by atoms with Gasteiger partial charge in [-0.15, -0.1) is 0 Å². The third-order valence-electron chi connectivity index (χ3n) is 1.96. The van der Waals surface area contributed by atoms with Crippen molar-refractivity contribution in [2.24, 2.45) is 0 Å². The van der Waals surface area contributed by atoms with Gasteiger partial charge in [-0.25, -0.2) is 4.98 Å². The molecule has 1 aromatic rings. The van der Waals surface area contributed by atoms with Crippen molar-refractivity contribution in [2.45, 2.75) is 26.3 Å². The van der Waals surface area contributed by atoms with E-state index in [2.05, 4.69) is 15.3 Å². The van der Waals surface area contributed by atoms with Crippen molar-refractivity contribution in [1.29, 1.82) is 0 Å². The molecular formula is C10H15N3O3. The van der Waals surface area contributed by atoms with E-state index in [4.69, 9.17) is 5.11 Å². The average Bonchev–Trinajstić information content (AvgIpc) is 2.15. The number of nitrogens with zero attached hydrogens (tertiary/aromatic N) is 1. The minimum atomic E-state index is -0.802. The first kappa shape index (κ1) is 12.4. The first-order valence-corrected chi connectivity index (χ1v) is 5.07. The molecule has 6 heteroatoms. The molecule has 0 bridgehead atoms. The largest absolute Gasteiger partial charge is 0.481 e. The second kappa shape index (κ2) is 6.02. The number of hydrogen-bond acceptors (Lipinski definition) is 4. The molecule has 0 unspecified atom stereocenters. The van der Waals surface area contributed by atoms with Crippen molar-refractivity contribution >= 4 is 5.97 Å². The minimum absolute atomic E-state index is 0.144. The summed E-state index contributed by atoms with van der Waals surface area (Å²) in [6.07, 6.45) is 0.705. The van der Waals surface area contributed by atoms with Crippen LogP contribution < -0.4 is 10.9 Å². The van der Waals surface area contributed by atoms with Crippen LogP contribution in [-0.2, 0) is 11.3 Å². The normalized spacial score (nSPS) is 10.3. The van der Waals surface area contributed by atoms with Gasteiger partial charge in [0.25, 0.3) is 5.56 Å². The van der Waals surface area contributed by atoms with E-state index >= 15 is 0 Å². The van der Waals surface area contributed by atoms with Gasteiger partial charge in [0.1, 0.15) is 5.82 Å². The van der Waals surface area contributed by atoms with Crippen molar-refractivity contribution < 1.29 is 9.90 Å². The first-order chi connectivity index (χ1) is 7.58. The van der Waals surface area contributed by atoms with Crippen LogP contribution in [0.2, 0.25) is 0 Å². The number of aryl methyl sites for hydroxylation is 1. The Morgan fingerprint density at radius 3 is 3.00 bits per heavy atom. The monoisotopic (exact) mass is 225 g/mol. The van der Waals surface area contributed by atoms with Crippen LogP contribution in [0.25, 0.3) is 0 Å². The quantitative estimate of drug-likeness (QED) is 0.594. The summed E-state index contributed by atoms with van der Waals surface area (Å²) in [6, 6.07) is 1.42. The molecule has 1 aromatic heterocycles. The van der Waals surface area contributed by atoms with Crippen molar-refractivity contribution in [3.05, 3.63) is 27.9 Å². The number of carboxylic acid groups (broad SMARTS) is 1. The van der Waals surface area contributed by atoms with Crippen LogP contribution in [0.5, 0.6) is 0 Å². The van der Waals surface area contributed by atoms with E-state index in [-0.39, 0.29) is 12.0 Å². The molecule has 0 spiro atoms. The third-order valence-corrected chi connectivity index (χ3v) is 1.96. The van der Waals surface area contributed by atoms with Crippen LogP contribution in [0.3, 0.4) is 0 Å². The Morgan fingerprint density at radius 2 is 2.38 bits per heavy atom. The molecule has 6 nitrogen and oxygen atoms in total. The zero-order valence-corrected chi connectivity index (χ0v) is 9.12. The van der Waals surface area contributed by atoms with E-state index in [1.807, 2.05) is 0 Å². The zero-order chi connectivity index (χ0) is 12.0. The Labute approximate surface area is 92.7 Å². The number of nitrogens with one attached hydrogen (secondary N) is 2. The maximum Gasteiger partial charge on any atom is 0.303 e. The number of H-pyrrole nitrogens is 1. The molecule has 0 amide bonds. The summed E-state index contributed by atoms with van der Waals surface area (Å²) in [5, 5.41) is 11.4. The fraction of sp³-hybridized carbons (Fsp3) is 0.500. The van der Waals surface area contributed by atoms with Crippen molar-refractivity contribution in [3.63, 3.8) is 0 Å². The molecule has 0 aliphatic carbocycles. The Bertz CT molecular complexity index is 414. The van der Waals surface area contributed by atoms with Gasteiger partial charge in [0, 0.05) is 18.2 Å². The van der Waals surface area contributed by atoms with Crippen LogP contribution in [0.4, 0.5) is 0 Å². The highest BCUT2D eigenvalue weighted by molar-refractivity contribution is 5.66. The van der Waals surface area contributed by atoms with Gasteiger partial charge in [-0.2, -0.15) is 0 Å². The molecule has 1 heterocycles. The molecule has 3 N–H and O–H groups in total. The van der Waals surface area contributed by atoms with Gasteiger partial charge in [0.05, 0.1) is 6.54 Å². The predicted octanol–water partition coefficient (Wildman–Crippen LogP) is 0.0327. The molecule has 0 atom stereocenters. The maximum atomic E-state index is 11.1. The van der Waals surface area contributed by atoms with Crippen molar-refractivity contribution in [2.75, 3.05) is 6.54 Å². The Hall–Kier alpha value is -1.69.